The fourth-order valence-corrected chi connectivity index (χ4v) is 3.44. The molecule has 1 fully saturated rings. The van der Waals surface area contributed by atoms with Gasteiger partial charge in [-0.25, -0.2) is 4.99 Å². The van der Waals surface area contributed by atoms with Crippen molar-refractivity contribution >= 4 is 23.2 Å². The molecule has 1 aliphatic rings. The van der Waals surface area contributed by atoms with Crippen molar-refractivity contribution in [3.63, 3.8) is 0 Å². The lowest BCUT2D eigenvalue weighted by Crippen LogP contribution is -2.52. The standard InChI is InChI=1S/C18H26N6O2S/c1-22(2)17(25)13-20-18(19-12-16-4-3-11-27-16)24-8-6-23(7-9-24)14-15-5-10-26-21-15/h3-5,10-11H,6-9,12-14H2,1-2H3,(H,19,20). The number of aliphatic imine (C=N–C) groups is 1. The molecule has 0 aliphatic carbocycles. The van der Waals surface area contributed by atoms with E-state index < -0.39 is 0 Å². The molecular weight excluding hydrogens is 364 g/mol. The highest BCUT2D eigenvalue weighted by molar-refractivity contribution is 7.09. The van der Waals surface area contributed by atoms with Crippen molar-refractivity contribution in [2.45, 2.75) is 13.1 Å². The second kappa shape index (κ2) is 9.52. The van der Waals surface area contributed by atoms with Crippen LogP contribution in [0.25, 0.3) is 0 Å². The van der Waals surface area contributed by atoms with Gasteiger partial charge in [-0.1, -0.05) is 11.2 Å². The summed E-state index contributed by atoms with van der Waals surface area (Å²) in [5.41, 5.74) is 0.949. The van der Waals surface area contributed by atoms with Crippen LogP contribution in [0.1, 0.15) is 10.6 Å². The Morgan fingerprint density at radius 1 is 1.33 bits per heavy atom. The van der Waals surface area contributed by atoms with Gasteiger partial charge < -0.3 is 19.6 Å². The zero-order valence-corrected chi connectivity index (χ0v) is 16.6. The number of rotatable bonds is 6. The van der Waals surface area contributed by atoms with Crippen molar-refractivity contribution < 1.29 is 9.32 Å². The maximum absolute atomic E-state index is 11.9. The summed E-state index contributed by atoms with van der Waals surface area (Å²) in [4.78, 5) is 23.9. The molecule has 1 N–H and O–H groups in total. The number of carbonyl (C=O) groups excluding carboxylic acids is 1. The van der Waals surface area contributed by atoms with E-state index in [4.69, 9.17) is 4.52 Å². The topological polar surface area (TPSA) is 77.2 Å². The minimum Gasteiger partial charge on any atom is -0.364 e. The molecule has 1 aliphatic heterocycles. The molecule has 0 saturated carbocycles. The molecule has 0 bridgehead atoms. The van der Waals surface area contributed by atoms with Gasteiger partial charge in [0.15, 0.2) is 5.96 Å². The Bertz CT molecular complexity index is 721. The number of likely N-dealkylation sites (N-methyl/N-ethyl adjacent to an activating group) is 1. The first-order valence-corrected chi connectivity index (χ1v) is 9.87. The fourth-order valence-electron chi connectivity index (χ4n) is 2.80. The van der Waals surface area contributed by atoms with E-state index in [-0.39, 0.29) is 12.5 Å². The fraction of sp³-hybridized carbons (Fsp3) is 0.500. The van der Waals surface area contributed by atoms with E-state index in [1.165, 1.54) is 4.88 Å². The van der Waals surface area contributed by atoms with Gasteiger partial charge in [-0.3, -0.25) is 9.69 Å². The average molecular weight is 391 g/mol. The van der Waals surface area contributed by atoms with Gasteiger partial charge in [0.25, 0.3) is 0 Å². The predicted molar refractivity (Wildman–Crippen MR) is 106 cm³/mol. The third-order valence-electron chi connectivity index (χ3n) is 4.41. The third-order valence-corrected chi connectivity index (χ3v) is 5.29. The number of piperazine rings is 1. The van der Waals surface area contributed by atoms with Gasteiger partial charge in [0, 0.05) is 57.8 Å². The molecule has 3 rings (SSSR count). The molecule has 146 valence electrons. The van der Waals surface area contributed by atoms with Crippen LogP contribution >= 0.6 is 11.3 Å². The van der Waals surface area contributed by atoms with E-state index in [2.05, 4.69) is 36.7 Å². The summed E-state index contributed by atoms with van der Waals surface area (Å²) in [6.45, 7) is 5.18. The first-order valence-electron chi connectivity index (χ1n) is 8.99. The number of nitrogens with one attached hydrogen (secondary N) is 1. The number of guanidine groups is 1. The summed E-state index contributed by atoms with van der Waals surface area (Å²) < 4.78 is 4.91. The number of carbonyl (C=O) groups is 1. The Hall–Kier alpha value is -2.39. The van der Waals surface area contributed by atoms with Crippen molar-refractivity contribution in [1.29, 1.82) is 0 Å². The summed E-state index contributed by atoms with van der Waals surface area (Å²) in [7, 11) is 3.50. The second-order valence-corrected chi connectivity index (χ2v) is 7.65. The van der Waals surface area contributed by atoms with Crippen LogP contribution in [0.2, 0.25) is 0 Å². The van der Waals surface area contributed by atoms with Crippen molar-refractivity contribution in [2.75, 3.05) is 46.8 Å². The minimum atomic E-state index is -0.00454. The molecule has 3 heterocycles. The molecule has 0 spiro atoms. The molecule has 2 aromatic heterocycles. The Labute approximate surface area is 163 Å². The molecule has 1 amide bonds. The number of nitrogens with zero attached hydrogens (tertiary/aromatic N) is 5. The molecular formula is C18H26N6O2S. The average Bonchev–Trinajstić information content (AvgIpc) is 3.36. The lowest BCUT2D eigenvalue weighted by molar-refractivity contribution is -0.127. The summed E-state index contributed by atoms with van der Waals surface area (Å²) in [5.74, 6) is 0.787. The maximum Gasteiger partial charge on any atom is 0.243 e. The van der Waals surface area contributed by atoms with E-state index in [1.54, 1.807) is 36.6 Å². The number of hydrogen-bond donors (Lipinski definition) is 1. The normalized spacial score (nSPS) is 15.8. The Balaban J connectivity index is 1.58. The van der Waals surface area contributed by atoms with Gasteiger partial charge in [0.05, 0.1) is 12.2 Å². The van der Waals surface area contributed by atoms with Crippen LogP contribution in [0, 0.1) is 0 Å². The van der Waals surface area contributed by atoms with E-state index in [1.807, 2.05) is 12.1 Å². The van der Waals surface area contributed by atoms with Crippen LogP contribution in [0.5, 0.6) is 0 Å². The third kappa shape index (κ3) is 5.80. The van der Waals surface area contributed by atoms with Crippen molar-refractivity contribution in [1.82, 2.24) is 25.2 Å². The summed E-state index contributed by atoms with van der Waals surface area (Å²) in [6.07, 6.45) is 1.60. The summed E-state index contributed by atoms with van der Waals surface area (Å²) >= 11 is 1.71. The van der Waals surface area contributed by atoms with Gasteiger partial charge >= 0.3 is 0 Å². The van der Waals surface area contributed by atoms with Crippen LogP contribution in [0.4, 0.5) is 0 Å². The highest BCUT2D eigenvalue weighted by Gasteiger charge is 2.21. The lowest BCUT2D eigenvalue weighted by Gasteiger charge is -2.36. The van der Waals surface area contributed by atoms with Crippen LogP contribution in [-0.2, 0) is 17.9 Å². The monoisotopic (exact) mass is 390 g/mol. The van der Waals surface area contributed by atoms with Gasteiger partial charge in [-0.15, -0.1) is 11.3 Å². The first kappa shape index (κ1) is 19.4. The van der Waals surface area contributed by atoms with Gasteiger partial charge in [-0.05, 0) is 11.4 Å². The first-order chi connectivity index (χ1) is 13.1. The highest BCUT2D eigenvalue weighted by atomic mass is 32.1. The Morgan fingerprint density at radius 3 is 2.78 bits per heavy atom. The largest absolute Gasteiger partial charge is 0.364 e. The number of aromatic nitrogens is 1. The lowest BCUT2D eigenvalue weighted by atomic mass is 10.3. The molecule has 9 heteroatoms. The quantitative estimate of drug-likeness (QED) is 0.588. The van der Waals surface area contributed by atoms with Crippen LogP contribution in [0.15, 0.2) is 39.4 Å². The molecule has 8 nitrogen and oxygen atoms in total. The van der Waals surface area contributed by atoms with Crippen LogP contribution in [-0.4, -0.2) is 78.5 Å². The Morgan fingerprint density at radius 2 is 2.15 bits per heavy atom. The van der Waals surface area contributed by atoms with E-state index in [0.717, 1.165) is 44.4 Å². The zero-order valence-electron chi connectivity index (χ0n) is 15.8. The number of amides is 1. The molecule has 1 saturated heterocycles. The van der Waals surface area contributed by atoms with E-state index >= 15 is 0 Å². The van der Waals surface area contributed by atoms with Gasteiger partial charge in [0.2, 0.25) is 5.91 Å². The predicted octanol–water partition coefficient (Wildman–Crippen LogP) is 1.09. The van der Waals surface area contributed by atoms with E-state index in [9.17, 15) is 4.79 Å². The van der Waals surface area contributed by atoms with Crippen LogP contribution in [0.3, 0.4) is 0 Å². The van der Waals surface area contributed by atoms with Crippen molar-refractivity contribution in [2.24, 2.45) is 4.99 Å². The molecule has 27 heavy (non-hydrogen) atoms. The molecule has 0 unspecified atom stereocenters. The maximum atomic E-state index is 11.9. The highest BCUT2D eigenvalue weighted by Crippen LogP contribution is 2.10. The van der Waals surface area contributed by atoms with Crippen molar-refractivity contribution in [3.05, 3.63) is 40.4 Å². The van der Waals surface area contributed by atoms with E-state index in [0.29, 0.717) is 6.54 Å². The zero-order chi connectivity index (χ0) is 19.1. The molecule has 0 aromatic carbocycles. The summed E-state index contributed by atoms with van der Waals surface area (Å²) in [5, 5.41) is 9.46. The Kier molecular flexibility index (Phi) is 6.83. The number of thiophene rings is 1. The molecule has 0 radical (unpaired) electrons. The minimum absolute atomic E-state index is 0.00454. The van der Waals surface area contributed by atoms with Crippen LogP contribution < -0.4 is 5.32 Å². The second-order valence-electron chi connectivity index (χ2n) is 6.61. The molecule has 0 atom stereocenters. The van der Waals surface area contributed by atoms with Crippen molar-refractivity contribution in [3.8, 4) is 0 Å². The number of hydrogen-bond acceptors (Lipinski definition) is 6. The van der Waals surface area contributed by atoms with Gasteiger partial charge in [0.1, 0.15) is 12.8 Å². The summed E-state index contributed by atoms with van der Waals surface area (Å²) in [6, 6.07) is 6.03. The van der Waals surface area contributed by atoms with Gasteiger partial charge in [-0.2, -0.15) is 0 Å². The smallest absolute Gasteiger partial charge is 0.243 e. The SMILES string of the molecule is CN(C)C(=O)CN=C(NCc1cccs1)N1CCN(Cc2ccon2)CC1. The molecule has 2 aromatic rings.